The molecule has 0 atom stereocenters. The van der Waals surface area contributed by atoms with Crippen LogP contribution in [-0.4, -0.2) is 42.6 Å². The fraction of sp³-hybridized carbons (Fsp3) is 0.364. The fourth-order valence-electron chi connectivity index (χ4n) is 2.48. The smallest absolute Gasteiger partial charge is 0.314 e. The standard InChI is InChI=1S/C22H28N4O4/c1-14(2)30-21(24)26-19(23)16-8-6-15(7-9-16)17-10-11-18(25-12-17)29-13-22(3,4)20(27)28-5/h6-12,14H,13H2,1-5H3,(H3,23,24,26). The summed E-state index contributed by atoms with van der Waals surface area (Å²) < 4.78 is 15.6. The third-order valence-corrected chi connectivity index (χ3v) is 4.14. The summed E-state index contributed by atoms with van der Waals surface area (Å²) >= 11 is 0. The Labute approximate surface area is 176 Å². The van der Waals surface area contributed by atoms with Crippen LogP contribution < -0.4 is 10.5 Å². The molecule has 3 N–H and O–H groups in total. The van der Waals surface area contributed by atoms with E-state index < -0.39 is 5.41 Å². The number of methoxy groups -OCH3 is 1. The van der Waals surface area contributed by atoms with Gasteiger partial charge in [0.25, 0.3) is 0 Å². The van der Waals surface area contributed by atoms with Gasteiger partial charge >= 0.3 is 12.0 Å². The maximum atomic E-state index is 11.7. The molecular weight excluding hydrogens is 384 g/mol. The predicted octanol–water partition coefficient (Wildman–Crippen LogP) is 3.39. The normalized spacial score (nSPS) is 11.9. The van der Waals surface area contributed by atoms with E-state index in [1.165, 1.54) is 7.11 Å². The number of carbonyl (C=O) groups is 1. The average molecular weight is 412 g/mol. The van der Waals surface area contributed by atoms with Crippen LogP contribution in [0.5, 0.6) is 5.88 Å². The monoisotopic (exact) mass is 412 g/mol. The van der Waals surface area contributed by atoms with Gasteiger partial charge in [0, 0.05) is 23.4 Å². The predicted molar refractivity (Wildman–Crippen MR) is 116 cm³/mol. The van der Waals surface area contributed by atoms with Crippen molar-refractivity contribution in [3.05, 3.63) is 48.2 Å². The molecule has 30 heavy (non-hydrogen) atoms. The number of nitrogens with zero attached hydrogens (tertiary/aromatic N) is 2. The maximum Gasteiger partial charge on any atom is 0.314 e. The van der Waals surface area contributed by atoms with E-state index in [-0.39, 0.29) is 30.5 Å². The molecule has 0 spiro atoms. The van der Waals surface area contributed by atoms with Gasteiger partial charge < -0.3 is 19.9 Å². The van der Waals surface area contributed by atoms with Crippen molar-refractivity contribution in [2.75, 3.05) is 13.7 Å². The quantitative estimate of drug-likeness (QED) is 0.409. The lowest BCUT2D eigenvalue weighted by Gasteiger charge is -2.21. The van der Waals surface area contributed by atoms with Crippen LogP contribution in [0.25, 0.3) is 11.1 Å². The molecular formula is C22H28N4O4. The fourth-order valence-corrected chi connectivity index (χ4v) is 2.48. The summed E-state index contributed by atoms with van der Waals surface area (Å²) in [6, 6.07) is 10.8. The number of benzene rings is 1. The van der Waals surface area contributed by atoms with E-state index in [4.69, 9.17) is 25.4 Å². The van der Waals surface area contributed by atoms with Gasteiger partial charge in [0.05, 0.1) is 18.6 Å². The molecule has 0 radical (unpaired) electrons. The molecule has 0 unspecified atom stereocenters. The Morgan fingerprint density at radius 3 is 2.33 bits per heavy atom. The number of hydrogen-bond acceptors (Lipinski definition) is 6. The number of pyridine rings is 1. The van der Waals surface area contributed by atoms with Crippen molar-refractivity contribution in [1.29, 1.82) is 5.41 Å². The van der Waals surface area contributed by atoms with Gasteiger partial charge in [-0.2, -0.15) is 4.99 Å². The molecule has 0 saturated carbocycles. The Balaban J connectivity index is 2.04. The molecule has 0 amide bonds. The number of aromatic nitrogens is 1. The minimum Gasteiger partial charge on any atom is -0.476 e. The largest absolute Gasteiger partial charge is 0.476 e. The SMILES string of the molecule is COC(=O)C(C)(C)COc1ccc(-c2ccc(C(N)=NC(=N)OC(C)C)cc2)cn1. The van der Waals surface area contributed by atoms with E-state index in [0.29, 0.717) is 11.4 Å². The number of aliphatic imine (C=N–C) groups is 1. The summed E-state index contributed by atoms with van der Waals surface area (Å²) in [6.07, 6.45) is 1.56. The Bertz CT molecular complexity index is 904. The highest BCUT2D eigenvalue weighted by atomic mass is 16.5. The van der Waals surface area contributed by atoms with Crippen LogP contribution in [0.4, 0.5) is 0 Å². The molecule has 0 aliphatic heterocycles. The lowest BCUT2D eigenvalue weighted by Crippen LogP contribution is -2.32. The first-order chi connectivity index (χ1) is 14.1. The number of carbonyl (C=O) groups excluding carboxylic acids is 1. The molecule has 0 aliphatic rings. The summed E-state index contributed by atoms with van der Waals surface area (Å²) in [4.78, 5) is 20.0. The summed E-state index contributed by atoms with van der Waals surface area (Å²) in [6.45, 7) is 7.30. The van der Waals surface area contributed by atoms with E-state index in [1.54, 1.807) is 26.1 Å². The molecule has 160 valence electrons. The van der Waals surface area contributed by atoms with Gasteiger partial charge in [-0.15, -0.1) is 0 Å². The number of esters is 1. The number of amidine groups is 2. The van der Waals surface area contributed by atoms with Crippen molar-refractivity contribution in [2.24, 2.45) is 16.1 Å². The van der Waals surface area contributed by atoms with Gasteiger partial charge in [0.2, 0.25) is 5.88 Å². The van der Waals surface area contributed by atoms with E-state index in [9.17, 15) is 4.79 Å². The van der Waals surface area contributed by atoms with Crippen LogP contribution >= 0.6 is 0 Å². The number of hydrogen-bond donors (Lipinski definition) is 2. The maximum absolute atomic E-state index is 11.7. The Morgan fingerprint density at radius 1 is 1.17 bits per heavy atom. The van der Waals surface area contributed by atoms with E-state index in [1.807, 2.05) is 44.2 Å². The highest BCUT2D eigenvalue weighted by Gasteiger charge is 2.29. The molecule has 0 fully saturated rings. The average Bonchev–Trinajstić information content (AvgIpc) is 2.71. The van der Waals surface area contributed by atoms with Crippen LogP contribution in [0.1, 0.15) is 33.3 Å². The highest BCUT2D eigenvalue weighted by molar-refractivity contribution is 6.03. The molecule has 8 heteroatoms. The minimum atomic E-state index is -0.761. The van der Waals surface area contributed by atoms with Gasteiger partial charge in [0.15, 0.2) is 0 Å². The lowest BCUT2D eigenvalue weighted by molar-refractivity contribution is -0.152. The molecule has 0 bridgehead atoms. The molecule has 1 aromatic carbocycles. The Morgan fingerprint density at radius 2 is 1.80 bits per heavy atom. The second-order valence-corrected chi connectivity index (χ2v) is 7.60. The summed E-state index contributed by atoms with van der Waals surface area (Å²) in [5, 5.41) is 7.67. The van der Waals surface area contributed by atoms with Crippen molar-refractivity contribution < 1.29 is 19.0 Å². The van der Waals surface area contributed by atoms with Crippen molar-refractivity contribution in [3.63, 3.8) is 0 Å². The molecule has 2 rings (SSSR count). The first-order valence-corrected chi connectivity index (χ1v) is 9.50. The summed E-state index contributed by atoms with van der Waals surface area (Å²) in [7, 11) is 1.35. The second kappa shape index (κ2) is 9.87. The summed E-state index contributed by atoms with van der Waals surface area (Å²) in [5.74, 6) is 0.294. The number of nitrogens with one attached hydrogen (secondary N) is 1. The second-order valence-electron chi connectivity index (χ2n) is 7.60. The van der Waals surface area contributed by atoms with Crippen LogP contribution in [-0.2, 0) is 14.3 Å². The third kappa shape index (κ3) is 6.30. The third-order valence-electron chi connectivity index (χ3n) is 4.14. The van der Waals surface area contributed by atoms with Gasteiger partial charge in [0.1, 0.15) is 12.4 Å². The van der Waals surface area contributed by atoms with E-state index in [0.717, 1.165) is 11.1 Å². The van der Waals surface area contributed by atoms with Crippen LogP contribution in [0.15, 0.2) is 47.6 Å². The number of rotatable bonds is 7. The molecule has 2 aromatic rings. The summed E-state index contributed by atoms with van der Waals surface area (Å²) in [5.41, 5.74) is 7.71. The minimum absolute atomic E-state index is 0.137. The number of ether oxygens (including phenoxy) is 3. The van der Waals surface area contributed by atoms with Crippen molar-refractivity contribution in [3.8, 4) is 17.0 Å². The Kier molecular flexibility index (Phi) is 7.52. The van der Waals surface area contributed by atoms with E-state index in [2.05, 4.69) is 9.98 Å². The van der Waals surface area contributed by atoms with Gasteiger partial charge in [-0.3, -0.25) is 4.79 Å². The van der Waals surface area contributed by atoms with Crippen LogP contribution in [0, 0.1) is 10.8 Å². The lowest BCUT2D eigenvalue weighted by atomic mass is 9.95. The molecule has 1 aromatic heterocycles. The zero-order chi connectivity index (χ0) is 22.3. The van der Waals surface area contributed by atoms with Crippen molar-refractivity contribution in [1.82, 2.24) is 4.98 Å². The van der Waals surface area contributed by atoms with Gasteiger partial charge in [-0.05, 0) is 39.3 Å². The first-order valence-electron chi connectivity index (χ1n) is 9.50. The molecule has 8 nitrogen and oxygen atoms in total. The van der Waals surface area contributed by atoms with Crippen molar-refractivity contribution >= 4 is 17.8 Å². The van der Waals surface area contributed by atoms with Crippen molar-refractivity contribution in [2.45, 2.75) is 33.8 Å². The topological polar surface area (TPSA) is 120 Å². The van der Waals surface area contributed by atoms with E-state index >= 15 is 0 Å². The highest BCUT2D eigenvalue weighted by Crippen LogP contribution is 2.23. The molecule has 0 aliphatic carbocycles. The molecule has 1 heterocycles. The zero-order valence-corrected chi connectivity index (χ0v) is 17.9. The van der Waals surface area contributed by atoms with Crippen LogP contribution in [0.2, 0.25) is 0 Å². The van der Waals surface area contributed by atoms with Gasteiger partial charge in [-0.1, -0.05) is 24.3 Å². The van der Waals surface area contributed by atoms with Gasteiger partial charge in [-0.25, -0.2) is 10.4 Å². The zero-order valence-electron chi connectivity index (χ0n) is 17.9. The number of nitrogens with two attached hydrogens (primary N) is 1. The Hall–Kier alpha value is -3.42. The molecule has 0 saturated heterocycles. The first kappa shape index (κ1) is 22.9. The van der Waals surface area contributed by atoms with Crippen LogP contribution in [0.3, 0.4) is 0 Å².